The fourth-order valence-corrected chi connectivity index (χ4v) is 3.03. The number of rotatable bonds is 8. The number of hydrogen-bond donors (Lipinski definition) is 2. The highest BCUT2D eigenvalue weighted by atomic mass is 127. The van der Waals surface area contributed by atoms with Gasteiger partial charge < -0.3 is 20.4 Å². The average Bonchev–Trinajstić information content (AvgIpc) is 2.62. The summed E-state index contributed by atoms with van der Waals surface area (Å²) in [6, 6.07) is 8.45. The molecule has 0 aliphatic carbocycles. The highest BCUT2D eigenvalue weighted by Gasteiger charge is 2.12. The lowest BCUT2D eigenvalue weighted by atomic mass is 10.1. The SMILES string of the molecule is CCNC(=NCc1ccccc1C)NCCCCN1CCN(C)CC1.I. The minimum absolute atomic E-state index is 0. The van der Waals surface area contributed by atoms with Crippen molar-refractivity contribution in [1.82, 2.24) is 20.4 Å². The van der Waals surface area contributed by atoms with Gasteiger partial charge in [0.2, 0.25) is 0 Å². The molecule has 1 aromatic carbocycles. The molecule has 2 N–H and O–H groups in total. The maximum absolute atomic E-state index is 4.72. The highest BCUT2D eigenvalue weighted by molar-refractivity contribution is 14.0. The number of unbranched alkanes of at least 4 members (excludes halogenated alkanes) is 1. The van der Waals surface area contributed by atoms with E-state index in [1.54, 1.807) is 0 Å². The molecule has 0 radical (unpaired) electrons. The third-order valence-electron chi connectivity index (χ3n) is 4.80. The Hall–Kier alpha value is -0.860. The van der Waals surface area contributed by atoms with Crippen molar-refractivity contribution < 1.29 is 0 Å². The number of aryl methyl sites for hydroxylation is 1. The van der Waals surface area contributed by atoms with Crippen LogP contribution in [0.15, 0.2) is 29.3 Å². The number of guanidine groups is 1. The quantitative estimate of drug-likeness (QED) is 0.264. The first kappa shape index (κ1) is 23.2. The van der Waals surface area contributed by atoms with E-state index < -0.39 is 0 Å². The Labute approximate surface area is 176 Å². The van der Waals surface area contributed by atoms with Crippen molar-refractivity contribution in [1.29, 1.82) is 0 Å². The standard InChI is InChI=1S/C20H35N5.HI/c1-4-21-20(23-17-19-10-6-5-9-18(19)2)22-11-7-8-12-25-15-13-24(3)14-16-25;/h5-6,9-10H,4,7-8,11-17H2,1-3H3,(H2,21,22,23);1H. The maximum atomic E-state index is 4.72. The Balaban J connectivity index is 0.00000338. The summed E-state index contributed by atoms with van der Waals surface area (Å²) in [4.78, 5) is 9.71. The molecule has 26 heavy (non-hydrogen) atoms. The van der Waals surface area contributed by atoms with Crippen LogP contribution in [0.1, 0.15) is 30.9 Å². The Morgan fingerprint density at radius 1 is 1.08 bits per heavy atom. The second-order valence-corrected chi connectivity index (χ2v) is 6.90. The van der Waals surface area contributed by atoms with Crippen LogP contribution < -0.4 is 10.6 Å². The monoisotopic (exact) mass is 473 g/mol. The van der Waals surface area contributed by atoms with Crippen LogP contribution in [0, 0.1) is 6.92 Å². The van der Waals surface area contributed by atoms with Gasteiger partial charge in [0.1, 0.15) is 0 Å². The van der Waals surface area contributed by atoms with Crippen molar-refractivity contribution in [2.45, 2.75) is 33.2 Å². The van der Waals surface area contributed by atoms with Crippen LogP contribution in [0.4, 0.5) is 0 Å². The smallest absolute Gasteiger partial charge is 0.191 e. The molecule has 0 unspecified atom stereocenters. The Morgan fingerprint density at radius 3 is 2.50 bits per heavy atom. The number of benzene rings is 1. The van der Waals surface area contributed by atoms with Gasteiger partial charge in [0.15, 0.2) is 5.96 Å². The van der Waals surface area contributed by atoms with Crippen molar-refractivity contribution in [3.63, 3.8) is 0 Å². The summed E-state index contributed by atoms with van der Waals surface area (Å²) in [6.45, 7) is 12.9. The van der Waals surface area contributed by atoms with E-state index in [2.05, 4.69) is 65.6 Å². The Kier molecular flexibility index (Phi) is 11.9. The number of nitrogens with zero attached hydrogens (tertiary/aromatic N) is 3. The lowest BCUT2D eigenvalue weighted by Crippen LogP contribution is -2.44. The lowest BCUT2D eigenvalue weighted by molar-refractivity contribution is 0.152. The van der Waals surface area contributed by atoms with Crippen molar-refractivity contribution in [3.05, 3.63) is 35.4 Å². The molecule has 0 amide bonds. The van der Waals surface area contributed by atoms with Gasteiger partial charge in [-0.25, -0.2) is 4.99 Å². The summed E-state index contributed by atoms with van der Waals surface area (Å²) >= 11 is 0. The van der Waals surface area contributed by atoms with E-state index in [0.717, 1.165) is 25.6 Å². The van der Waals surface area contributed by atoms with Crippen LogP contribution in [0.2, 0.25) is 0 Å². The second kappa shape index (κ2) is 13.3. The molecule has 0 atom stereocenters. The Bertz CT molecular complexity index is 527. The van der Waals surface area contributed by atoms with E-state index in [9.17, 15) is 0 Å². The minimum Gasteiger partial charge on any atom is -0.357 e. The van der Waals surface area contributed by atoms with Gasteiger partial charge >= 0.3 is 0 Å². The van der Waals surface area contributed by atoms with Crippen molar-refractivity contribution in [2.75, 3.05) is 52.9 Å². The van der Waals surface area contributed by atoms with Gasteiger partial charge in [-0.05, 0) is 51.4 Å². The van der Waals surface area contributed by atoms with Crippen LogP contribution in [-0.4, -0.2) is 68.6 Å². The fraction of sp³-hybridized carbons (Fsp3) is 0.650. The zero-order valence-corrected chi connectivity index (χ0v) is 19.0. The van der Waals surface area contributed by atoms with Crippen LogP contribution in [0.25, 0.3) is 0 Å². The molecule has 0 bridgehead atoms. The molecule has 1 fully saturated rings. The van der Waals surface area contributed by atoms with Crippen LogP contribution in [0.5, 0.6) is 0 Å². The van der Waals surface area contributed by atoms with Gasteiger partial charge in [0.25, 0.3) is 0 Å². The summed E-state index contributed by atoms with van der Waals surface area (Å²) in [7, 11) is 2.21. The molecular formula is C20H36IN5. The number of likely N-dealkylation sites (N-methyl/N-ethyl adjacent to an activating group) is 1. The molecule has 1 saturated heterocycles. The Morgan fingerprint density at radius 2 is 1.81 bits per heavy atom. The lowest BCUT2D eigenvalue weighted by Gasteiger charge is -2.32. The number of piperazine rings is 1. The molecule has 1 aliphatic heterocycles. The summed E-state index contributed by atoms with van der Waals surface area (Å²) in [5, 5.41) is 6.81. The zero-order chi connectivity index (χ0) is 17.9. The van der Waals surface area contributed by atoms with Gasteiger partial charge in [-0.15, -0.1) is 24.0 Å². The number of hydrogen-bond acceptors (Lipinski definition) is 3. The van der Waals surface area contributed by atoms with E-state index in [1.165, 1.54) is 56.7 Å². The number of nitrogens with one attached hydrogen (secondary N) is 2. The van der Waals surface area contributed by atoms with Gasteiger partial charge in [-0.3, -0.25) is 0 Å². The van der Waals surface area contributed by atoms with Crippen LogP contribution in [0.3, 0.4) is 0 Å². The van der Waals surface area contributed by atoms with Crippen molar-refractivity contribution in [2.24, 2.45) is 4.99 Å². The van der Waals surface area contributed by atoms with E-state index >= 15 is 0 Å². The topological polar surface area (TPSA) is 42.9 Å². The van der Waals surface area contributed by atoms with Gasteiger partial charge in [-0.2, -0.15) is 0 Å². The molecule has 1 aromatic rings. The van der Waals surface area contributed by atoms with E-state index in [1.807, 2.05) is 0 Å². The summed E-state index contributed by atoms with van der Waals surface area (Å²) < 4.78 is 0. The molecule has 0 spiro atoms. The molecule has 2 rings (SSSR count). The molecule has 1 aliphatic rings. The number of aliphatic imine (C=N–C) groups is 1. The third-order valence-corrected chi connectivity index (χ3v) is 4.80. The maximum Gasteiger partial charge on any atom is 0.191 e. The second-order valence-electron chi connectivity index (χ2n) is 6.90. The molecule has 5 nitrogen and oxygen atoms in total. The van der Waals surface area contributed by atoms with E-state index in [4.69, 9.17) is 4.99 Å². The average molecular weight is 473 g/mol. The minimum atomic E-state index is 0. The van der Waals surface area contributed by atoms with Crippen LogP contribution >= 0.6 is 24.0 Å². The summed E-state index contributed by atoms with van der Waals surface area (Å²) in [5.74, 6) is 0.922. The van der Waals surface area contributed by atoms with E-state index in [-0.39, 0.29) is 24.0 Å². The molecular weight excluding hydrogens is 437 g/mol. The van der Waals surface area contributed by atoms with Crippen molar-refractivity contribution >= 4 is 29.9 Å². The number of halogens is 1. The molecule has 1 heterocycles. The van der Waals surface area contributed by atoms with Gasteiger partial charge in [0, 0.05) is 39.3 Å². The predicted molar refractivity (Wildman–Crippen MR) is 123 cm³/mol. The first-order valence-corrected chi connectivity index (χ1v) is 9.66. The molecule has 0 saturated carbocycles. The first-order chi connectivity index (χ1) is 12.2. The van der Waals surface area contributed by atoms with E-state index in [0.29, 0.717) is 0 Å². The third kappa shape index (κ3) is 8.68. The van der Waals surface area contributed by atoms with Gasteiger partial charge in [-0.1, -0.05) is 24.3 Å². The van der Waals surface area contributed by atoms with Gasteiger partial charge in [0.05, 0.1) is 6.54 Å². The summed E-state index contributed by atoms with van der Waals surface area (Å²) in [5.41, 5.74) is 2.59. The molecule has 0 aromatic heterocycles. The largest absolute Gasteiger partial charge is 0.357 e. The molecule has 148 valence electrons. The predicted octanol–water partition coefficient (Wildman–Crippen LogP) is 2.70. The molecule has 6 heteroatoms. The van der Waals surface area contributed by atoms with Crippen molar-refractivity contribution in [3.8, 4) is 0 Å². The fourth-order valence-electron chi connectivity index (χ4n) is 3.03. The normalized spacial score (nSPS) is 16.2. The van der Waals surface area contributed by atoms with Crippen LogP contribution in [-0.2, 0) is 6.54 Å². The zero-order valence-electron chi connectivity index (χ0n) is 16.6. The summed E-state index contributed by atoms with van der Waals surface area (Å²) in [6.07, 6.45) is 2.43. The highest BCUT2D eigenvalue weighted by Crippen LogP contribution is 2.08. The first-order valence-electron chi connectivity index (χ1n) is 9.66.